The molecule has 1 aromatic carbocycles. The number of carboxylic acids is 1. The SMILES string of the molecule is O=C1CCC(c2cncc3c(C(=O)O)cccc23)C(=O)N1. The summed E-state index contributed by atoms with van der Waals surface area (Å²) in [7, 11) is 0. The van der Waals surface area contributed by atoms with E-state index in [0.717, 1.165) is 0 Å². The van der Waals surface area contributed by atoms with Crippen molar-refractivity contribution in [2.24, 2.45) is 0 Å². The van der Waals surface area contributed by atoms with Gasteiger partial charge in [-0.3, -0.25) is 19.9 Å². The van der Waals surface area contributed by atoms with E-state index in [9.17, 15) is 19.5 Å². The molecule has 6 nitrogen and oxygen atoms in total. The quantitative estimate of drug-likeness (QED) is 0.814. The second-order valence-corrected chi connectivity index (χ2v) is 4.94. The first kappa shape index (κ1) is 13.2. The van der Waals surface area contributed by atoms with Gasteiger partial charge in [-0.05, 0) is 23.4 Å². The van der Waals surface area contributed by atoms with Gasteiger partial charge in [0, 0.05) is 24.2 Å². The maximum atomic E-state index is 12.0. The number of piperidine rings is 1. The number of hydrogen-bond donors (Lipinski definition) is 2. The molecule has 1 aliphatic heterocycles. The number of rotatable bonds is 2. The first-order chi connectivity index (χ1) is 10.1. The minimum absolute atomic E-state index is 0.147. The molecule has 21 heavy (non-hydrogen) atoms. The normalized spacial score (nSPS) is 18.6. The molecule has 2 amide bonds. The van der Waals surface area contributed by atoms with Crippen molar-refractivity contribution < 1.29 is 19.5 Å². The molecule has 1 atom stereocenters. The summed E-state index contributed by atoms with van der Waals surface area (Å²) in [6.07, 6.45) is 3.72. The summed E-state index contributed by atoms with van der Waals surface area (Å²) in [6.45, 7) is 0. The molecule has 106 valence electrons. The van der Waals surface area contributed by atoms with Crippen molar-refractivity contribution in [3.05, 3.63) is 41.7 Å². The summed E-state index contributed by atoms with van der Waals surface area (Å²) in [5.74, 6) is -2.16. The highest BCUT2D eigenvalue weighted by atomic mass is 16.4. The minimum Gasteiger partial charge on any atom is -0.478 e. The summed E-state index contributed by atoms with van der Waals surface area (Å²) in [6, 6.07) is 4.91. The average molecular weight is 284 g/mol. The summed E-state index contributed by atoms with van der Waals surface area (Å²) >= 11 is 0. The van der Waals surface area contributed by atoms with Gasteiger partial charge in [0.2, 0.25) is 11.8 Å². The van der Waals surface area contributed by atoms with E-state index in [2.05, 4.69) is 10.3 Å². The Bertz CT molecular complexity index is 769. The van der Waals surface area contributed by atoms with Gasteiger partial charge in [0.05, 0.1) is 11.5 Å². The van der Waals surface area contributed by atoms with E-state index in [1.54, 1.807) is 18.3 Å². The number of nitrogens with zero attached hydrogens (tertiary/aromatic N) is 1. The van der Waals surface area contributed by atoms with Crippen molar-refractivity contribution in [1.82, 2.24) is 10.3 Å². The lowest BCUT2D eigenvalue weighted by Crippen LogP contribution is -2.39. The minimum atomic E-state index is -1.04. The number of fused-ring (bicyclic) bond motifs is 1. The number of imide groups is 1. The fourth-order valence-electron chi connectivity index (χ4n) is 2.67. The van der Waals surface area contributed by atoms with E-state index in [-0.39, 0.29) is 23.8 Å². The zero-order valence-corrected chi connectivity index (χ0v) is 11.0. The van der Waals surface area contributed by atoms with E-state index in [0.29, 0.717) is 22.8 Å². The molecule has 2 aromatic rings. The summed E-state index contributed by atoms with van der Waals surface area (Å²) in [5.41, 5.74) is 0.801. The van der Waals surface area contributed by atoms with Gasteiger partial charge >= 0.3 is 5.97 Å². The Morgan fingerprint density at radius 2 is 2.05 bits per heavy atom. The van der Waals surface area contributed by atoms with Gasteiger partial charge in [-0.1, -0.05) is 12.1 Å². The van der Waals surface area contributed by atoms with Gasteiger partial charge in [-0.25, -0.2) is 4.79 Å². The zero-order chi connectivity index (χ0) is 15.0. The lowest BCUT2D eigenvalue weighted by Gasteiger charge is -2.22. The van der Waals surface area contributed by atoms with Crippen LogP contribution in [0.4, 0.5) is 0 Å². The molecule has 0 saturated carbocycles. The number of carbonyl (C=O) groups is 3. The topological polar surface area (TPSA) is 96.4 Å². The Labute approximate surface area is 119 Å². The monoisotopic (exact) mass is 284 g/mol. The molecule has 1 aromatic heterocycles. The number of carboxylic acid groups (broad SMARTS) is 1. The Kier molecular flexibility index (Phi) is 3.13. The van der Waals surface area contributed by atoms with Crippen LogP contribution in [0.2, 0.25) is 0 Å². The lowest BCUT2D eigenvalue weighted by molar-refractivity contribution is -0.134. The number of nitrogens with one attached hydrogen (secondary N) is 1. The number of hydrogen-bond acceptors (Lipinski definition) is 4. The van der Waals surface area contributed by atoms with Crippen LogP contribution < -0.4 is 5.32 Å². The van der Waals surface area contributed by atoms with E-state index >= 15 is 0 Å². The van der Waals surface area contributed by atoms with Crippen molar-refractivity contribution in [3.63, 3.8) is 0 Å². The molecular formula is C15H12N2O4. The van der Waals surface area contributed by atoms with Crippen LogP contribution in [0.5, 0.6) is 0 Å². The Morgan fingerprint density at radius 1 is 1.24 bits per heavy atom. The van der Waals surface area contributed by atoms with E-state index in [1.165, 1.54) is 12.3 Å². The fraction of sp³-hybridized carbons (Fsp3) is 0.200. The third kappa shape index (κ3) is 2.24. The van der Waals surface area contributed by atoms with Crippen molar-refractivity contribution in [2.75, 3.05) is 0 Å². The highest BCUT2D eigenvalue weighted by Gasteiger charge is 2.29. The van der Waals surface area contributed by atoms with Gasteiger partial charge in [0.15, 0.2) is 0 Å². The van der Waals surface area contributed by atoms with E-state index < -0.39 is 11.9 Å². The molecule has 2 heterocycles. The van der Waals surface area contributed by atoms with Gasteiger partial charge in [-0.15, -0.1) is 0 Å². The molecule has 0 spiro atoms. The molecular weight excluding hydrogens is 272 g/mol. The molecule has 6 heteroatoms. The summed E-state index contributed by atoms with van der Waals surface area (Å²) in [4.78, 5) is 38.5. The van der Waals surface area contributed by atoms with Crippen LogP contribution in [-0.2, 0) is 9.59 Å². The molecule has 1 aliphatic rings. The molecule has 0 bridgehead atoms. The highest BCUT2D eigenvalue weighted by Crippen LogP contribution is 2.31. The van der Waals surface area contributed by atoms with Crippen LogP contribution in [0.15, 0.2) is 30.6 Å². The van der Waals surface area contributed by atoms with Crippen LogP contribution in [0.25, 0.3) is 10.8 Å². The standard InChI is InChI=1S/C15H12N2O4/c18-13-5-4-9(14(19)17-13)11-6-16-7-12-8(11)2-1-3-10(12)15(20)21/h1-3,6-7,9H,4-5H2,(H,20,21)(H,17,18,19). The summed E-state index contributed by atoms with van der Waals surface area (Å²) in [5, 5.41) is 12.7. The number of amides is 2. The van der Waals surface area contributed by atoms with Crippen molar-refractivity contribution >= 4 is 28.6 Å². The predicted octanol–water partition coefficient (Wildman–Crippen LogP) is 1.45. The van der Waals surface area contributed by atoms with Gasteiger partial charge < -0.3 is 5.11 Å². The third-order valence-corrected chi connectivity index (χ3v) is 3.68. The molecule has 2 N–H and O–H groups in total. The van der Waals surface area contributed by atoms with Crippen molar-refractivity contribution in [1.29, 1.82) is 0 Å². The zero-order valence-electron chi connectivity index (χ0n) is 11.0. The lowest BCUT2D eigenvalue weighted by atomic mass is 9.88. The van der Waals surface area contributed by atoms with Gasteiger partial charge in [-0.2, -0.15) is 0 Å². The molecule has 1 fully saturated rings. The third-order valence-electron chi connectivity index (χ3n) is 3.68. The average Bonchev–Trinajstić information content (AvgIpc) is 2.46. The fourth-order valence-corrected chi connectivity index (χ4v) is 2.67. The molecule has 0 aliphatic carbocycles. The maximum Gasteiger partial charge on any atom is 0.336 e. The predicted molar refractivity (Wildman–Crippen MR) is 73.8 cm³/mol. The van der Waals surface area contributed by atoms with Crippen LogP contribution in [0.3, 0.4) is 0 Å². The van der Waals surface area contributed by atoms with Gasteiger partial charge in [0.25, 0.3) is 0 Å². The summed E-state index contributed by atoms with van der Waals surface area (Å²) < 4.78 is 0. The molecule has 1 saturated heterocycles. The second kappa shape index (κ2) is 4.97. The number of aromatic carboxylic acids is 1. The maximum absolute atomic E-state index is 12.0. The van der Waals surface area contributed by atoms with E-state index in [1.807, 2.05) is 0 Å². The molecule has 3 rings (SSSR count). The van der Waals surface area contributed by atoms with Crippen molar-refractivity contribution in [3.8, 4) is 0 Å². The Hall–Kier alpha value is -2.76. The second-order valence-electron chi connectivity index (χ2n) is 4.94. The Morgan fingerprint density at radius 3 is 2.76 bits per heavy atom. The highest BCUT2D eigenvalue weighted by molar-refractivity contribution is 6.07. The number of carbonyl (C=O) groups excluding carboxylic acids is 2. The van der Waals surface area contributed by atoms with Gasteiger partial charge in [0.1, 0.15) is 0 Å². The van der Waals surface area contributed by atoms with Crippen LogP contribution in [-0.4, -0.2) is 27.9 Å². The first-order valence-corrected chi connectivity index (χ1v) is 6.51. The van der Waals surface area contributed by atoms with E-state index in [4.69, 9.17) is 0 Å². The molecule has 1 unspecified atom stereocenters. The van der Waals surface area contributed by atoms with Crippen molar-refractivity contribution in [2.45, 2.75) is 18.8 Å². The number of aromatic nitrogens is 1. The number of pyridine rings is 1. The Balaban J connectivity index is 2.16. The van der Waals surface area contributed by atoms with Crippen LogP contribution in [0, 0.1) is 0 Å². The largest absolute Gasteiger partial charge is 0.478 e. The van der Waals surface area contributed by atoms with Crippen LogP contribution >= 0.6 is 0 Å². The first-order valence-electron chi connectivity index (χ1n) is 6.51. The smallest absolute Gasteiger partial charge is 0.336 e. The molecule has 0 radical (unpaired) electrons. The number of benzene rings is 1. The van der Waals surface area contributed by atoms with Crippen LogP contribution in [0.1, 0.15) is 34.7 Å².